The van der Waals surface area contributed by atoms with Crippen LogP contribution in [0.2, 0.25) is 0 Å². The minimum atomic E-state index is -0.640. The Bertz CT molecular complexity index is 1390. The Morgan fingerprint density at radius 3 is 2.43 bits per heavy atom. The predicted molar refractivity (Wildman–Crippen MR) is 144 cm³/mol. The maximum absolute atomic E-state index is 13.5. The van der Waals surface area contributed by atoms with Gasteiger partial charge in [0.05, 0.1) is 17.4 Å². The summed E-state index contributed by atoms with van der Waals surface area (Å²) in [5, 5.41) is 12.5. The van der Waals surface area contributed by atoms with Crippen molar-refractivity contribution in [1.29, 1.82) is 5.26 Å². The molecule has 0 bridgehead atoms. The molecule has 1 saturated heterocycles. The van der Waals surface area contributed by atoms with E-state index in [2.05, 4.69) is 5.32 Å². The molecule has 3 aromatic carbocycles. The van der Waals surface area contributed by atoms with Crippen LogP contribution in [0.4, 0.5) is 11.4 Å². The number of hydrogen-bond acceptors (Lipinski definition) is 6. The highest BCUT2D eigenvalue weighted by Crippen LogP contribution is 2.42. The number of para-hydroxylation sites is 1. The zero-order valence-corrected chi connectivity index (χ0v) is 21.2. The fourth-order valence-corrected chi connectivity index (χ4v) is 5.26. The summed E-state index contributed by atoms with van der Waals surface area (Å²) >= 11 is 1.22. The molecule has 0 spiro atoms. The van der Waals surface area contributed by atoms with Gasteiger partial charge in [0, 0.05) is 11.4 Å². The highest BCUT2D eigenvalue weighted by Gasteiger charge is 2.40. The molecule has 0 aliphatic carbocycles. The van der Waals surface area contributed by atoms with Gasteiger partial charge >= 0.3 is 5.97 Å². The summed E-state index contributed by atoms with van der Waals surface area (Å²) in [6.07, 6.45) is 0.466. The first-order valence-corrected chi connectivity index (χ1v) is 12.6. The Balaban J connectivity index is 1.64. The normalized spacial score (nSPS) is 16.2. The van der Waals surface area contributed by atoms with Crippen molar-refractivity contribution in [2.75, 3.05) is 16.8 Å². The summed E-state index contributed by atoms with van der Waals surface area (Å²) in [5.74, 6) is -1.29. The monoisotopic (exact) mass is 511 g/mol. The molecule has 1 heterocycles. The third-order valence-electron chi connectivity index (χ3n) is 5.68. The number of carbonyl (C=O) groups is 3. The Kier molecular flexibility index (Phi) is 8.06. The number of amides is 2. The fourth-order valence-electron chi connectivity index (χ4n) is 3.95. The molecule has 37 heavy (non-hydrogen) atoms. The molecule has 0 radical (unpaired) electrons. The number of anilines is 2. The minimum Gasteiger partial charge on any atom is -0.462 e. The molecule has 8 heteroatoms. The lowest BCUT2D eigenvalue weighted by Crippen LogP contribution is -2.30. The first kappa shape index (κ1) is 25.7. The number of aryl methyl sites for hydroxylation is 1. The second kappa shape index (κ2) is 11.6. The number of nitrogens with zero attached hydrogens (tertiary/aromatic N) is 2. The van der Waals surface area contributed by atoms with Crippen LogP contribution in [0.25, 0.3) is 0 Å². The molecule has 1 fully saturated rings. The lowest BCUT2D eigenvalue weighted by atomic mass is 10.1. The zero-order valence-electron chi connectivity index (χ0n) is 20.4. The third-order valence-corrected chi connectivity index (χ3v) is 6.94. The van der Waals surface area contributed by atoms with Crippen LogP contribution in [0.1, 0.15) is 28.4 Å². The van der Waals surface area contributed by atoms with E-state index in [1.165, 1.54) is 28.8 Å². The largest absolute Gasteiger partial charge is 0.462 e. The molecule has 186 valence electrons. The summed E-state index contributed by atoms with van der Waals surface area (Å²) in [5.41, 5.74) is 3.28. The molecule has 4 rings (SSSR count). The van der Waals surface area contributed by atoms with Crippen molar-refractivity contribution in [1.82, 2.24) is 0 Å². The first-order chi connectivity index (χ1) is 17.9. The standard InChI is InChI=1S/C29H25N3O4S/c1-3-36-29(35)21-12-14-22(15-13-21)31-26(33)24(18-30)28-32(23-10-5-4-6-11-23)27(34)25(37-28)17-20-9-7-8-19(2)16-20/h4-16,25H,3,17H2,1-2H3,(H,31,33)/b28-24-/t25-/m1/s1. The number of ether oxygens (including phenoxy) is 1. The van der Waals surface area contributed by atoms with Crippen molar-refractivity contribution in [2.24, 2.45) is 0 Å². The van der Waals surface area contributed by atoms with Crippen LogP contribution in [-0.4, -0.2) is 29.6 Å². The first-order valence-electron chi connectivity index (χ1n) is 11.8. The molecule has 0 saturated carbocycles. The van der Waals surface area contributed by atoms with Gasteiger partial charge in [0.15, 0.2) is 0 Å². The number of hydrogen-bond donors (Lipinski definition) is 1. The molecule has 2 amide bonds. The Morgan fingerprint density at radius 2 is 1.78 bits per heavy atom. The molecule has 7 nitrogen and oxygen atoms in total. The molecule has 1 N–H and O–H groups in total. The average molecular weight is 512 g/mol. The van der Waals surface area contributed by atoms with E-state index in [9.17, 15) is 19.6 Å². The summed E-state index contributed by atoms with van der Waals surface area (Å²) in [4.78, 5) is 40.1. The Labute approximate surface area is 219 Å². The topological polar surface area (TPSA) is 99.5 Å². The molecular weight excluding hydrogens is 486 g/mol. The molecule has 3 aromatic rings. The van der Waals surface area contributed by atoms with E-state index in [-0.39, 0.29) is 23.1 Å². The van der Waals surface area contributed by atoms with Crippen molar-refractivity contribution in [3.8, 4) is 6.07 Å². The third kappa shape index (κ3) is 5.90. The van der Waals surface area contributed by atoms with Crippen LogP contribution in [0.5, 0.6) is 0 Å². The van der Waals surface area contributed by atoms with Crippen molar-refractivity contribution in [3.63, 3.8) is 0 Å². The van der Waals surface area contributed by atoms with Crippen LogP contribution in [0.3, 0.4) is 0 Å². The molecule has 0 unspecified atom stereocenters. The average Bonchev–Trinajstić information content (AvgIpc) is 3.20. The van der Waals surface area contributed by atoms with Crippen LogP contribution in [-0.2, 0) is 20.7 Å². The summed E-state index contributed by atoms with van der Waals surface area (Å²) in [7, 11) is 0. The van der Waals surface area contributed by atoms with Gasteiger partial charge in [-0.15, -0.1) is 0 Å². The lowest BCUT2D eigenvalue weighted by molar-refractivity contribution is -0.117. The van der Waals surface area contributed by atoms with Gasteiger partial charge in [-0.05, 0) is 62.2 Å². The van der Waals surface area contributed by atoms with Gasteiger partial charge in [0.2, 0.25) is 5.91 Å². The van der Waals surface area contributed by atoms with Gasteiger partial charge < -0.3 is 10.1 Å². The van der Waals surface area contributed by atoms with Crippen LogP contribution in [0, 0.1) is 18.3 Å². The van der Waals surface area contributed by atoms with E-state index < -0.39 is 17.1 Å². The van der Waals surface area contributed by atoms with Gasteiger partial charge in [-0.2, -0.15) is 5.26 Å². The summed E-state index contributed by atoms with van der Waals surface area (Å²) in [6, 6.07) is 25.1. The molecule has 1 aliphatic heterocycles. The van der Waals surface area contributed by atoms with E-state index in [4.69, 9.17) is 4.74 Å². The summed E-state index contributed by atoms with van der Waals surface area (Å²) in [6.45, 7) is 3.97. The van der Waals surface area contributed by atoms with Gasteiger partial charge in [0.25, 0.3) is 5.91 Å². The Hall–Kier alpha value is -4.35. The van der Waals surface area contributed by atoms with E-state index in [0.29, 0.717) is 23.4 Å². The molecular formula is C29H25N3O4S. The number of thioether (sulfide) groups is 1. The smallest absolute Gasteiger partial charge is 0.338 e. The van der Waals surface area contributed by atoms with E-state index >= 15 is 0 Å². The van der Waals surface area contributed by atoms with E-state index in [1.54, 1.807) is 43.3 Å². The highest BCUT2D eigenvalue weighted by molar-refractivity contribution is 8.05. The highest BCUT2D eigenvalue weighted by atomic mass is 32.2. The molecule has 1 atom stereocenters. The van der Waals surface area contributed by atoms with Gasteiger partial charge in [-0.3, -0.25) is 14.5 Å². The number of carbonyl (C=O) groups excluding carboxylic acids is 3. The van der Waals surface area contributed by atoms with Crippen molar-refractivity contribution >= 4 is 40.9 Å². The molecule has 0 aromatic heterocycles. The number of nitriles is 1. The van der Waals surface area contributed by atoms with Crippen LogP contribution < -0.4 is 10.2 Å². The fraction of sp³-hybridized carbons (Fsp3) is 0.172. The van der Waals surface area contributed by atoms with Gasteiger partial charge in [0.1, 0.15) is 16.7 Å². The van der Waals surface area contributed by atoms with E-state index in [0.717, 1.165) is 11.1 Å². The molecule has 1 aliphatic rings. The van der Waals surface area contributed by atoms with Crippen molar-refractivity contribution in [3.05, 3.63) is 106 Å². The maximum atomic E-state index is 13.5. The maximum Gasteiger partial charge on any atom is 0.338 e. The van der Waals surface area contributed by atoms with E-state index in [1.807, 2.05) is 43.3 Å². The lowest BCUT2D eigenvalue weighted by Gasteiger charge is -2.18. The zero-order chi connectivity index (χ0) is 26.4. The van der Waals surface area contributed by atoms with Crippen LogP contribution in [0.15, 0.2) is 89.5 Å². The second-order valence-corrected chi connectivity index (χ2v) is 9.54. The van der Waals surface area contributed by atoms with Crippen molar-refractivity contribution in [2.45, 2.75) is 25.5 Å². The van der Waals surface area contributed by atoms with Crippen molar-refractivity contribution < 1.29 is 19.1 Å². The quantitative estimate of drug-likeness (QED) is 0.265. The number of benzene rings is 3. The summed E-state index contributed by atoms with van der Waals surface area (Å²) < 4.78 is 4.98. The number of rotatable bonds is 7. The van der Waals surface area contributed by atoms with Gasteiger partial charge in [-0.25, -0.2) is 4.79 Å². The Morgan fingerprint density at radius 1 is 1.05 bits per heavy atom. The van der Waals surface area contributed by atoms with Crippen LogP contribution >= 0.6 is 11.8 Å². The SMILES string of the molecule is CCOC(=O)c1ccc(NC(=O)/C(C#N)=C2\S[C@H](Cc3cccc(C)c3)C(=O)N2c2ccccc2)cc1. The van der Waals surface area contributed by atoms with Gasteiger partial charge in [-0.1, -0.05) is 59.8 Å². The number of nitrogens with one attached hydrogen (secondary N) is 1. The second-order valence-electron chi connectivity index (χ2n) is 8.35. The number of esters is 1. The minimum absolute atomic E-state index is 0.164. The predicted octanol–water partition coefficient (Wildman–Crippen LogP) is 5.24.